The molecule has 0 spiro atoms. The van der Waals surface area contributed by atoms with Crippen molar-refractivity contribution in [3.05, 3.63) is 26.6 Å². The average Bonchev–Trinajstić information content (AvgIpc) is 2.96. The maximum Gasteiger partial charge on any atom is 0.264 e. The van der Waals surface area contributed by atoms with Crippen LogP contribution in [0.15, 0.2) is 4.79 Å². The molecular formula is C25H36N4O2S. The summed E-state index contributed by atoms with van der Waals surface area (Å²) in [5.74, 6) is 2.39. The van der Waals surface area contributed by atoms with Crippen molar-refractivity contribution < 1.29 is 4.79 Å². The molecule has 1 atom stereocenters. The molecule has 0 aliphatic carbocycles. The first-order valence-electron chi connectivity index (χ1n) is 12.6. The highest BCUT2D eigenvalue weighted by Gasteiger charge is 2.30. The molecule has 3 aliphatic heterocycles. The van der Waals surface area contributed by atoms with Crippen molar-refractivity contribution in [3.8, 4) is 0 Å². The molecule has 2 fully saturated rings. The van der Waals surface area contributed by atoms with Crippen LogP contribution in [0.2, 0.25) is 0 Å². The van der Waals surface area contributed by atoms with Gasteiger partial charge >= 0.3 is 0 Å². The molecule has 0 radical (unpaired) electrons. The van der Waals surface area contributed by atoms with Crippen LogP contribution in [0.5, 0.6) is 0 Å². The van der Waals surface area contributed by atoms with E-state index in [2.05, 4.69) is 11.8 Å². The highest BCUT2D eigenvalue weighted by Crippen LogP contribution is 2.31. The van der Waals surface area contributed by atoms with E-state index in [0.29, 0.717) is 11.3 Å². The van der Waals surface area contributed by atoms with Gasteiger partial charge in [-0.15, -0.1) is 11.3 Å². The van der Waals surface area contributed by atoms with Crippen LogP contribution in [-0.2, 0) is 13.0 Å². The number of rotatable bonds is 3. The van der Waals surface area contributed by atoms with Gasteiger partial charge in [0.15, 0.2) is 0 Å². The van der Waals surface area contributed by atoms with Crippen molar-refractivity contribution in [2.45, 2.75) is 71.8 Å². The van der Waals surface area contributed by atoms with Crippen LogP contribution >= 0.6 is 11.3 Å². The summed E-state index contributed by atoms with van der Waals surface area (Å²) in [5.41, 5.74) is 0.884. The Morgan fingerprint density at radius 2 is 1.88 bits per heavy atom. The van der Waals surface area contributed by atoms with Gasteiger partial charge in [-0.3, -0.25) is 14.2 Å². The minimum absolute atomic E-state index is 0.0514. The average molecular weight is 457 g/mol. The smallest absolute Gasteiger partial charge is 0.264 e. The molecule has 0 aromatic carbocycles. The normalized spacial score (nSPS) is 23.3. The first kappa shape index (κ1) is 22.1. The fourth-order valence-corrected chi connectivity index (χ4v) is 6.92. The van der Waals surface area contributed by atoms with E-state index in [0.717, 1.165) is 85.3 Å². The van der Waals surface area contributed by atoms with E-state index in [1.807, 2.05) is 16.4 Å². The molecule has 6 nitrogen and oxygen atoms in total. The van der Waals surface area contributed by atoms with Crippen molar-refractivity contribution >= 4 is 27.5 Å². The molecule has 174 valence electrons. The Morgan fingerprint density at radius 3 is 2.69 bits per heavy atom. The van der Waals surface area contributed by atoms with Gasteiger partial charge < -0.3 is 9.80 Å². The summed E-state index contributed by atoms with van der Waals surface area (Å²) in [6.07, 6.45) is 8.97. The molecule has 5 heterocycles. The molecule has 7 heteroatoms. The number of hydrogen-bond acceptors (Lipinski definition) is 5. The topological polar surface area (TPSA) is 58.4 Å². The molecule has 5 rings (SSSR count). The van der Waals surface area contributed by atoms with E-state index in [4.69, 9.17) is 4.98 Å². The third-order valence-electron chi connectivity index (χ3n) is 7.80. The fourth-order valence-electron chi connectivity index (χ4n) is 5.77. The number of fused-ring (bicyclic) bond motifs is 2. The zero-order valence-corrected chi connectivity index (χ0v) is 20.4. The second-order valence-electron chi connectivity index (χ2n) is 10.3. The highest BCUT2D eigenvalue weighted by molar-refractivity contribution is 7.20. The summed E-state index contributed by atoms with van der Waals surface area (Å²) in [4.78, 5) is 37.8. The Bertz CT molecular complexity index is 1050. The zero-order chi connectivity index (χ0) is 22.2. The standard InChI is InChI=1S/C25H36N4O2S/c1-17-9-13-27(14-10-17)15-19-7-6-11-28(16-19)25(31)22-18(2)21-23(32-22)26-20-8-4-3-5-12-29(20)24(21)30/h17,19H,3-16H2,1-2H3. The van der Waals surface area contributed by atoms with Gasteiger partial charge in [0.05, 0.1) is 10.3 Å². The van der Waals surface area contributed by atoms with Crippen LogP contribution in [0.25, 0.3) is 10.2 Å². The van der Waals surface area contributed by atoms with Crippen LogP contribution in [-0.4, -0.2) is 58.0 Å². The summed E-state index contributed by atoms with van der Waals surface area (Å²) >= 11 is 1.43. The number of aromatic nitrogens is 2. The molecule has 3 aliphatic rings. The van der Waals surface area contributed by atoms with Crippen molar-refractivity contribution in [1.29, 1.82) is 0 Å². The molecule has 0 saturated carbocycles. The van der Waals surface area contributed by atoms with Crippen molar-refractivity contribution in [2.24, 2.45) is 11.8 Å². The molecule has 0 bridgehead atoms. The minimum atomic E-state index is 0.0514. The fraction of sp³-hybridized carbons (Fsp3) is 0.720. The number of carbonyl (C=O) groups excluding carboxylic acids is 1. The van der Waals surface area contributed by atoms with Crippen molar-refractivity contribution in [1.82, 2.24) is 19.4 Å². The van der Waals surface area contributed by atoms with Gasteiger partial charge in [-0.05, 0) is 75.9 Å². The molecule has 2 aromatic heterocycles. The first-order chi connectivity index (χ1) is 15.5. The molecular weight excluding hydrogens is 420 g/mol. The number of carbonyl (C=O) groups is 1. The lowest BCUT2D eigenvalue weighted by Gasteiger charge is -2.37. The second-order valence-corrected chi connectivity index (χ2v) is 11.3. The number of hydrogen-bond donors (Lipinski definition) is 0. The molecule has 2 saturated heterocycles. The largest absolute Gasteiger partial charge is 0.338 e. The van der Waals surface area contributed by atoms with Gasteiger partial charge in [0, 0.05) is 32.6 Å². The van der Waals surface area contributed by atoms with Crippen LogP contribution in [0.1, 0.15) is 72.9 Å². The molecule has 0 N–H and O–H groups in total. The van der Waals surface area contributed by atoms with Gasteiger partial charge in [0.2, 0.25) is 0 Å². The zero-order valence-electron chi connectivity index (χ0n) is 19.6. The second kappa shape index (κ2) is 9.26. The summed E-state index contributed by atoms with van der Waals surface area (Å²) < 4.78 is 1.86. The van der Waals surface area contributed by atoms with Gasteiger partial charge in [-0.2, -0.15) is 0 Å². The monoisotopic (exact) mass is 456 g/mol. The summed E-state index contributed by atoms with van der Waals surface area (Å²) in [6.45, 7) is 10.2. The van der Waals surface area contributed by atoms with E-state index in [9.17, 15) is 9.59 Å². The van der Waals surface area contributed by atoms with E-state index in [-0.39, 0.29) is 11.5 Å². The van der Waals surface area contributed by atoms with E-state index in [1.54, 1.807) is 0 Å². The number of amides is 1. The van der Waals surface area contributed by atoms with E-state index >= 15 is 0 Å². The Kier molecular flexibility index (Phi) is 6.39. The van der Waals surface area contributed by atoms with Crippen LogP contribution in [0.4, 0.5) is 0 Å². The first-order valence-corrected chi connectivity index (χ1v) is 13.4. The Balaban J connectivity index is 1.35. The number of thiophene rings is 1. The Labute approximate surface area is 194 Å². The number of piperidine rings is 2. The van der Waals surface area contributed by atoms with Crippen molar-refractivity contribution in [2.75, 3.05) is 32.7 Å². The van der Waals surface area contributed by atoms with Gasteiger partial charge in [0.1, 0.15) is 10.7 Å². The van der Waals surface area contributed by atoms with E-state index < -0.39 is 0 Å². The van der Waals surface area contributed by atoms with E-state index in [1.165, 1.54) is 43.7 Å². The molecule has 1 unspecified atom stereocenters. The lowest BCUT2D eigenvalue weighted by molar-refractivity contribution is 0.0626. The maximum absolute atomic E-state index is 13.5. The van der Waals surface area contributed by atoms with Gasteiger partial charge in [0.25, 0.3) is 11.5 Å². The summed E-state index contributed by atoms with van der Waals surface area (Å²) in [7, 11) is 0. The Morgan fingerprint density at radius 1 is 1.06 bits per heavy atom. The predicted octanol–water partition coefficient (Wildman–Crippen LogP) is 4.08. The lowest BCUT2D eigenvalue weighted by atomic mass is 9.94. The summed E-state index contributed by atoms with van der Waals surface area (Å²) in [5, 5.41) is 0.667. The third-order valence-corrected chi connectivity index (χ3v) is 8.98. The van der Waals surface area contributed by atoms with Crippen molar-refractivity contribution in [3.63, 3.8) is 0 Å². The number of likely N-dealkylation sites (tertiary alicyclic amines) is 2. The Hall–Kier alpha value is -1.73. The van der Waals surface area contributed by atoms with Crippen LogP contribution < -0.4 is 5.56 Å². The molecule has 1 amide bonds. The SMILES string of the molecule is Cc1c(C(=O)N2CCCC(CN3CCC(C)CC3)C2)sc2nc3n(c(=O)c12)CCCCC3. The summed E-state index contributed by atoms with van der Waals surface area (Å²) in [6, 6.07) is 0. The quantitative estimate of drug-likeness (QED) is 0.698. The molecule has 32 heavy (non-hydrogen) atoms. The number of nitrogens with zero attached hydrogens (tertiary/aromatic N) is 4. The highest BCUT2D eigenvalue weighted by atomic mass is 32.1. The van der Waals surface area contributed by atoms with Gasteiger partial charge in [-0.1, -0.05) is 13.3 Å². The van der Waals surface area contributed by atoms with Crippen LogP contribution in [0, 0.1) is 18.8 Å². The molecule has 2 aromatic rings. The minimum Gasteiger partial charge on any atom is -0.338 e. The maximum atomic E-state index is 13.5. The third kappa shape index (κ3) is 4.26. The predicted molar refractivity (Wildman–Crippen MR) is 130 cm³/mol. The van der Waals surface area contributed by atoms with Gasteiger partial charge in [-0.25, -0.2) is 4.98 Å². The number of aryl methyl sites for hydroxylation is 2. The lowest BCUT2D eigenvalue weighted by Crippen LogP contribution is -2.45. The van der Waals surface area contributed by atoms with Crippen LogP contribution in [0.3, 0.4) is 0 Å².